The van der Waals surface area contributed by atoms with Crippen molar-refractivity contribution in [2.45, 2.75) is 13.0 Å². The summed E-state index contributed by atoms with van der Waals surface area (Å²) in [5, 5.41) is 13.0. The minimum absolute atomic E-state index is 0.130. The number of halogens is 1. The van der Waals surface area contributed by atoms with Crippen LogP contribution in [0.1, 0.15) is 22.5 Å². The van der Waals surface area contributed by atoms with E-state index in [9.17, 15) is 14.4 Å². The quantitative estimate of drug-likeness (QED) is 0.701. The van der Waals surface area contributed by atoms with E-state index in [0.29, 0.717) is 29.9 Å². The molecule has 0 aliphatic carbocycles. The fourth-order valence-corrected chi connectivity index (χ4v) is 3.22. The largest absolute Gasteiger partial charge is 0.351 e. The minimum Gasteiger partial charge on any atom is -0.351 e. The van der Waals surface area contributed by atoms with Crippen molar-refractivity contribution in [3.05, 3.63) is 53.7 Å². The number of nitrogens with zero attached hydrogens (tertiary/aromatic N) is 3. The average Bonchev–Trinajstić information content (AvgIpc) is 2.86. The summed E-state index contributed by atoms with van der Waals surface area (Å²) in [6.07, 6.45) is 2.21. The van der Waals surface area contributed by atoms with Gasteiger partial charge in [-0.25, -0.2) is 4.98 Å². The van der Waals surface area contributed by atoms with Crippen molar-refractivity contribution in [2.75, 3.05) is 6.54 Å². The van der Waals surface area contributed by atoms with Crippen molar-refractivity contribution in [3.63, 3.8) is 0 Å². The zero-order valence-corrected chi connectivity index (χ0v) is 12.7. The number of nitrogens with one attached hydrogen (secondary N) is 1. The second-order valence-corrected chi connectivity index (χ2v) is 5.73. The van der Waals surface area contributed by atoms with E-state index < -0.39 is 5.95 Å². The molecule has 3 heterocycles. The zero-order chi connectivity index (χ0) is 16.7. The Kier molecular flexibility index (Phi) is 3.28. The number of amides is 1. The Bertz CT molecular complexity index is 1020. The van der Waals surface area contributed by atoms with E-state index in [1.165, 1.54) is 12.3 Å². The number of carbonyl (C=O) groups is 1. The molecule has 0 saturated carbocycles. The van der Waals surface area contributed by atoms with E-state index in [2.05, 4.69) is 16.4 Å². The van der Waals surface area contributed by atoms with E-state index in [1.54, 1.807) is 24.3 Å². The second kappa shape index (κ2) is 5.46. The molecular weight excluding hydrogens is 307 g/mol. The molecule has 0 bridgehead atoms. The summed E-state index contributed by atoms with van der Waals surface area (Å²) in [4.78, 5) is 15.9. The number of rotatable bonds is 1. The monoisotopic (exact) mass is 320 g/mol. The fourth-order valence-electron chi connectivity index (χ4n) is 3.22. The number of fused-ring (bicyclic) bond motifs is 3. The number of aromatic nitrogens is 2. The summed E-state index contributed by atoms with van der Waals surface area (Å²) in [5.74, 6) is -0.711. The van der Waals surface area contributed by atoms with Gasteiger partial charge in [-0.1, -0.05) is 0 Å². The van der Waals surface area contributed by atoms with Gasteiger partial charge in [-0.3, -0.25) is 4.79 Å². The van der Waals surface area contributed by atoms with Crippen LogP contribution in [0.4, 0.5) is 4.39 Å². The fraction of sp³-hybridized carbons (Fsp3) is 0.167. The standard InChI is InChI=1S/C18H13FN4O/c19-16-9-12(2-4-21-16)14-7-11(10-20)6-13-8-15-18(24)22-3-1-5-23(15)17(13)14/h2,4,6-9H,1,3,5H2,(H,22,24). The maximum absolute atomic E-state index is 13.6. The number of hydrogen-bond donors (Lipinski definition) is 1. The zero-order valence-electron chi connectivity index (χ0n) is 12.7. The molecule has 0 atom stereocenters. The first-order valence-electron chi connectivity index (χ1n) is 7.65. The molecule has 118 valence electrons. The predicted octanol–water partition coefficient (Wildman–Crippen LogP) is 2.85. The molecule has 0 saturated heterocycles. The molecule has 0 fully saturated rings. The van der Waals surface area contributed by atoms with Gasteiger partial charge in [0.1, 0.15) is 5.69 Å². The summed E-state index contributed by atoms with van der Waals surface area (Å²) >= 11 is 0. The van der Waals surface area contributed by atoms with Crippen molar-refractivity contribution in [1.82, 2.24) is 14.9 Å². The Labute approximate surface area is 137 Å². The summed E-state index contributed by atoms with van der Waals surface area (Å²) in [7, 11) is 0. The molecule has 0 radical (unpaired) electrons. The lowest BCUT2D eigenvalue weighted by atomic mass is 10.0. The summed E-state index contributed by atoms with van der Waals surface area (Å²) in [6, 6.07) is 10.4. The van der Waals surface area contributed by atoms with Gasteiger partial charge in [0.25, 0.3) is 5.91 Å². The Morgan fingerprint density at radius 2 is 2.17 bits per heavy atom. The van der Waals surface area contributed by atoms with Gasteiger partial charge >= 0.3 is 0 Å². The lowest BCUT2D eigenvalue weighted by Crippen LogP contribution is -2.22. The molecular formula is C18H13FN4O. The summed E-state index contributed by atoms with van der Waals surface area (Å²) in [6.45, 7) is 1.31. The van der Waals surface area contributed by atoms with E-state index in [4.69, 9.17) is 0 Å². The van der Waals surface area contributed by atoms with Crippen molar-refractivity contribution >= 4 is 16.8 Å². The van der Waals surface area contributed by atoms with Crippen molar-refractivity contribution in [2.24, 2.45) is 0 Å². The van der Waals surface area contributed by atoms with Crippen molar-refractivity contribution in [1.29, 1.82) is 5.26 Å². The van der Waals surface area contributed by atoms with Gasteiger partial charge in [0.2, 0.25) is 5.95 Å². The predicted molar refractivity (Wildman–Crippen MR) is 86.8 cm³/mol. The maximum Gasteiger partial charge on any atom is 0.267 e. The third-order valence-corrected chi connectivity index (χ3v) is 4.24. The first-order valence-corrected chi connectivity index (χ1v) is 7.65. The molecule has 1 amide bonds. The van der Waals surface area contributed by atoms with Crippen LogP contribution in [0.15, 0.2) is 36.5 Å². The van der Waals surface area contributed by atoms with Gasteiger partial charge in [0.05, 0.1) is 17.1 Å². The molecule has 1 aliphatic heterocycles. The second-order valence-electron chi connectivity index (χ2n) is 5.73. The summed E-state index contributed by atoms with van der Waals surface area (Å²) < 4.78 is 15.5. The topological polar surface area (TPSA) is 70.7 Å². The third-order valence-electron chi connectivity index (χ3n) is 4.24. The highest BCUT2D eigenvalue weighted by molar-refractivity contribution is 6.03. The van der Waals surface area contributed by atoms with Crippen LogP contribution in [0.3, 0.4) is 0 Å². The van der Waals surface area contributed by atoms with Gasteiger partial charge in [-0.2, -0.15) is 9.65 Å². The van der Waals surface area contributed by atoms with Crippen molar-refractivity contribution < 1.29 is 9.18 Å². The number of carbonyl (C=O) groups excluding carboxylic acids is 1. The van der Waals surface area contributed by atoms with E-state index >= 15 is 0 Å². The van der Waals surface area contributed by atoms with E-state index in [0.717, 1.165) is 22.9 Å². The van der Waals surface area contributed by atoms with Crippen LogP contribution in [-0.4, -0.2) is 22.0 Å². The Morgan fingerprint density at radius 1 is 1.29 bits per heavy atom. The highest BCUT2D eigenvalue weighted by Gasteiger charge is 2.21. The van der Waals surface area contributed by atoms with Crippen LogP contribution in [0.25, 0.3) is 22.0 Å². The first-order chi connectivity index (χ1) is 11.7. The molecule has 0 spiro atoms. The van der Waals surface area contributed by atoms with Crippen LogP contribution in [0, 0.1) is 17.3 Å². The van der Waals surface area contributed by atoms with Gasteiger partial charge in [0.15, 0.2) is 0 Å². The Hall–Kier alpha value is -3.20. The molecule has 1 aliphatic rings. The van der Waals surface area contributed by atoms with E-state index in [-0.39, 0.29) is 5.91 Å². The molecule has 1 aromatic carbocycles. The highest BCUT2D eigenvalue weighted by Crippen LogP contribution is 2.33. The van der Waals surface area contributed by atoms with Crippen LogP contribution in [-0.2, 0) is 6.54 Å². The number of hydrogen-bond acceptors (Lipinski definition) is 3. The third kappa shape index (κ3) is 2.22. The number of aryl methyl sites for hydroxylation is 1. The van der Waals surface area contributed by atoms with E-state index in [1.807, 2.05) is 4.57 Å². The minimum atomic E-state index is -0.580. The van der Waals surface area contributed by atoms with Gasteiger partial charge in [0, 0.05) is 36.3 Å². The average molecular weight is 320 g/mol. The molecule has 4 rings (SSSR count). The van der Waals surface area contributed by atoms with Gasteiger partial charge < -0.3 is 9.88 Å². The Morgan fingerprint density at radius 3 is 2.96 bits per heavy atom. The normalized spacial score (nSPS) is 13.9. The molecule has 1 N–H and O–H groups in total. The van der Waals surface area contributed by atoms with Gasteiger partial charge in [-0.15, -0.1) is 0 Å². The lowest BCUT2D eigenvalue weighted by Gasteiger charge is -2.11. The molecule has 2 aromatic heterocycles. The molecule has 6 heteroatoms. The molecule has 24 heavy (non-hydrogen) atoms. The smallest absolute Gasteiger partial charge is 0.267 e. The molecule has 0 unspecified atom stereocenters. The number of benzene rings is 1. The summed E-state index contributed by atoms with van der Waals surface area (Å²) in [5.41, 5.74) is 3.23. The highest BCUT2D eigenvalue weighted by atomic mass is 19.1. The number of pyridine rings is 1. The maximum atomic E-state index is 13.6. The lowest BCUT2D eigenvalue weighted by molar-refractivity contribution is 0.0951. The van der Waals surface area contributed by atoms with Crippen LogP contribution < -0.4 is 5.32 Å². The Balaban J connectivity index is 2.08. The molecule has 3 aromatic rings. The molecule has 5 nitrogen and oxygen atoms in total. The van der Waals surface area contributed by atoms with Gasteiger partial charge in [-0.05, 0) is 36.2 Å². The number of nitriles is 1. The van der Waals surface area contributed by atoms with Crippen LogP contribution in [0.2, 0.25) is 0 Å². The van der Waals surface area contributed by atoms with Crippen LogP contribution >= 0.6 is 0 Å². The first kappa shape index (κ1) is 14.4. The van der Waals surface area contributed by atoms with Crippen molar-refractivity contribution in [3.8, 4) is 17.2 Å². The SMILES string of the molecule is N#Cc1cc(-c2ccnc(F)c2)c2c(c1)cc1n2CCCNC1=O. The van der Waals surface area contributed by atoms with Crippen LogP contribution in [0.5, 0.6) is 0 Å².